The van der Waals surface area contributed by atoms with Gasteiger partial charge in [-0.1, -0.05) is 54.6 Å². The van der Waals surface area contributed by atoms with E-state index in [2.05, 4.69) is 29.0 Å². The van der Waals surface area contributed by atoms with Crippen LogP contribution >= 0.6 is 0 Å². The molecule has 166 valence electrons. The van der Waals surface area contributed by atoms with E-state index in [9.17, 15) is 13.2 Å². The number of likely N-dealkylation sites (tertiary alicyclic amines) is 1. The van der Waals surface area contributed by atoms with E-state index in [1.165, 1.54) is 6.26 Å². The van der Waals surface area contributed by atoms with Crippen molar-refractivity contribution in [1.29, 1.82) is 0 Å². The first-order valence-corrected chi connectivity index (χ1v) is 12.9. The fourth-order valence-electron chi connectivity index (χ4n) is 4.40. The molecule has 0 bridgehead atoms. The molecule has 2 fully saturated rings. The van der Waals surface area contributed by atoms with Crippen molar-refractivity contribution >= 4 is 16.1 Å². The molecular weight excluding hydrogens is 412 g/mol. The summed E-state index contributed by atoms with van der Waals surface area (Å²) in [6, 6.07) is 17.7. The second-order valence-electron chi connectivity index (χ2n) is 8.61. The SMILES string of the molecule is CS(=O)(=O)N[C@@H]1CCCN(C(=O)OC2CCC2)[C@@H]1Cc1cccc(-c2ccccc2)c1. The van der Waals surface area contributed by atoms with Crippen molar-refractivity contribution in [3.63, 3.8) is 0 Å². The Bertz CT molecular complexity index is 1010. The molecule has 7 heteroatoms. The van der Waals surface area contributed by atoms with E-state index in [-0.39, 0.29) is 24.3 Å². The summed E-state index contributed by atoms with van der Waals surface area (Å²) in [7, 11) is -3.39. The lowest BCUT2D eigenvalue weighted by atomic mass is 9.90. The highest BCUT2D eigenvalue weighted by molar-refractivity contribution is 7.88. The number of nitrogens with zero attached hydrogens (tertiary/aromatic N) is 1. The molecule has 1 saturated carbocycles. The molecule has 0 radical (unpaired) electrons. The first-order chi connectivity index (χ1) is 14.9. The molecule has 2 aromatic rings. The number of benzene rings is 2. The fourth-order valence-corrected chi connectivity index (χ4v) is 5.22. The lowest BCUT2D eigenvalue weighted by Gasteiger charge is -2.42. The van der Waals surface area contributed by atoms with Crippen molar-refractivity contribution in [3.05, 3.63) is 60.2 Å². The lowest BCUT2D eigenvalue weighted by molar-refractivity contribution is 0.00855. The summed E-state index contributed by atoms with van der Waals surface area (Å²) in [6.07, 6.45) is 5.76. The van der Waals surface area contributed by atoms with E-state index < -0.39 is 10.0 Å². The Balaban J connectivity index is 1.58. The summed E-state index contributed by atoms with van der Waals surface area (Å²) in [5.41, 5.74) is 3.29. The van der Waals surface area contributed by atoms with Gasteiger partial charge in [-0.15, -0.1) is 0 Å². The summed E-state index contributed by atoms with van der Waals surface area (Å²) in [5.74, 6) is 0. The second kappa shape index (κ2) is 9.40. The molecule has 1 aliphatic heterocycles. The Labute approximate surface area is 184 Å². The highest BCUT2D eigenvalue weighted by atomic mass is 32.2. The van der Waals surface area contributed by atoms with Crippen molar-refractivity contribution in [3.8, 4) is 11.1 Å². The van der Waals surface area contributed by atoms with Crippen LogP contribution in [-0.4, -0.2) is 50.4 Å². The molecule has 1 aliphatic carbocycles. The summed E-state index contributed by atoms with van der Waals surface area (Å²) in [5, 5.41) is 0. The van der Waals surface area contributed by atoms with Gasteiger partial charge in [0.15, 0.2) is 0 Å². The molecule has 4 rings (SSSR count). The average molecular weight is 443 g/mol. The normalized spacial score (nSPS) is 22.0. The molecule has 1 N–H and O–H groups in total. The largest absolute Gasteiger partial charge is 0.446 e. The molecular formula is C24H30N2O4S. The molecule has 2 aliphatic rings. The number of sulfonamides is 1. The van der Waals surface area contributed by atoms with Gasteiger partial charge in [-0.25, -0.2) is 17.9 Å². The highest BCUT2D eigenvalue weighted by Gasteiger charge is 2.38. The molecule has 0 spiro atoms. The third-order valence-electron chi connectivity index (χ3n) is 6.18. The predicted molar refractivity (Wildman–Crippen MR) is 121 cm³/mol. The molecule has 31 heavy (non-hydrogen) atoms. The van der Waals surface area contributed by atoms with Crippen molar-refractivity contribution in [2.45, 2.75) is 56.7 Å². The zero-order valence-corrected chi connectivity index (χ0v) is 18.7. The van der Waals surface area contributed by atoms with Gasteiger partial charge in [0.05, 0.1) is 12.3 Å². The molecule has 1 saturated heterocycles. The predicted octanol–water partition coefficient (Wildman–Crippen LogP) is 3.97. The zero-order valence-electron chi connectivity index (χ0n) is 17.9. The Morgan fingerprint density at radius 1 is 1.03 bits per heavy atom. The lowest BCUT2D eigenvalue weighted by Crippen LogP contribution is -2.58. The number of amides is 1. The van der Waals surface area contributed by atoms with Crippen LogP contribution in [0.5, 0.6) is 0 Å². The minimum Gasteiger partial charge on any atom is -0.446 e. The molecule has 2 atom stereocenters. The first-order valence-electron chi connectivity index (χ1n) is 11.0. The van der Waals surface area contributed by atoms with Crippen LogP contribution in [0.15, 0.2) is 54.6 Å². The van der Waals surface area contributed by atoms with Gasteiger partial charge in [-0.05, 0) is 55.2 Å². The van der Waals surface area contributed by atoms with E-state index in [0.717, 1.165) is 42.4 Å². The molecule has 0 aromatic heterocycles. The van der Waals surface area contributed by atoms with Gasteiger partial charge in [0, 0.05) is 12.6 Å². The van der Waals surface area contributed by atoms with Crippen LogP contribution in [0.25, 0.3) is 11.1 Å². The van der Waals surface area contributed by atoms with Gasteiger partial charge in [0.25, 0.3) is 0 Å². The summed E-state index contributed by atoms with van der Waals surface area (Å²) in [4.78, 5) is 14.7. The molecule has 2 aromatic carbocycles. The van der Waals surface area contributed by atoms with Crippen LogP contribution in [0.2, 0.25) is 0 Å². The van der Waals surface area contributed by atoms with E-state index in [0.29, 0.717) is 19.4 Å². The maximum Gasteiger partial charge on any atom is 0.410 e. The number of carbonyl (C=O) groups excluding carboxylic acids is 1. The van der Waals surface area contributed by atoms with Gasteiger partial charge >= 0.3 is 6.09 Å². The van der Waals surface area contributed by atoms with E-state index >= 15 is 0 Å². The smallest absolute Gasteiger partial charge is 0.410 e. The second-order valence-corrected chi connectivity index (χ2v) is 10.4. The highest BCUT2D eigenvalue weighted by Crippen LogP contribution is 2.28. The van der Waals surface area contributed by atoms with Crippen LogP contribution in [-0.2, 0) is 21.2 Å². The molecule has 0 unspecified atom stereocenters. The quantitative estimate of drug-likeness (QED) is 0.735. The van der Waals surface area contributed by atoms with Gasteiger partial charge in [0.1, 0.15) is 6.10 Å². The van der Waals surface area contributed by atoms with Crippen LogP contribution < -0.4 is 4.72 Å². The number of ether oxygens (including phenoxy) is 1. The van der Waals surface area contributed by atoms with E-state index in [1.807, 2.05) is 30.3 Å². The minimum atomic E-state index is -3.39. The fraction of sp³-hybridized carbons (Fsp3) is 0.458. The van der Waals surface area contributed by atoms with Crippen molar-refractivity contribution < 1.29 is 17.9 Å². The third kappa shape index (κ3) is 5.66. The average Bonchev–Trinajstić information content (AvgIpc) is 2.71. The minimum absolute atomic E-state index is 0.00204. The summed E-state index contributed by atoms with van der Waals surface area (Å²) < 4.78 is 32.4. The monoisotopic (exact) mass is 442 g/mol. The van der Waals surface area contributed by atoms with Gasteiger partial charge in [0.2, 0.25) is 10.0 Å². The topological polar surface area (TPSA) is 75.7 Å². The number of carbonyl (C=O) groups is 1. The van der Waals surface area contributed by atoms with Crippen molar-refractivity contribution in [2.24, 2.45) is 0 Å². The van der Waals surface area contributed by atoms with Gasteiger partial charge < -0.3 is 9.64 Å². The van der Waals surface area contributed by atoms with Gasteiger partial charge in [-0.2, -0.15) is 0 Å². The third-order valence-corrected chi connectivity index (χ3v) is 6.91. The van der Waals surface area contributed by atoms with Gasteiger partial charge in [-0.3, -0.25) is 0 Å². The molecule has 1 heterocycles. The Morgan fingerprint density at radius 2 is 1.77 bits per heavy atom. The standard InChI is InChI=1S/C24H30N2O4S/c1-31(28,29)25-22-14-7-15-26(24(27)30-21-12-6-13-21)23(22)17-18-8-5-11-20(16-18)19-9-3-2-4-10-19/h2-5,8-11,16,21-23,25H,6-7,12-15,17H2,1H3/t22-,23-/m1/s1. The van der Waals surface area contributed by atoms with E-state index in [1.54, 1.807) is 4.90 Å². The molecule has 1 amide bonds. The van der Waals surface area contributed by atoms with Crippen molar-refractivity contribution in [1.82, 2.24) is 9.62 Å². The summed E-state index contributed by atoms with van der Waals surface area (Å²) in [6.45, 7) is 0.580. The molecule has 6 nitrogen and oxygen atoms in total. The van der Waals surface area contributed by atoms with Crippen molar-refractivity contribution in [2.75, 3.05) is 12.8 Å². The maximum absolute atomic E-state index is 12.9. The Morgan fingerprint density at radius 3 is 2.45 bits per heavy atom. The number of rotatable bonds is 6. The van der Waals surface area contributed by atoms with Crippen LogP contribution in [0.1, 0.15) is 37.7 Å². The Hall–Kier alpha value is -2.38. The summed E-state index contributed by atoms with van der Waals surface area (Å²) >= 11 is 0. The first kappa shape index (κ1) is 21.8. The number of piperidine rings is 1. The number of nitrogens with one attached hydrogen (secondary N) is 1. The van der Waals surface area contributed by atoms with Crippen LogP contribution in [0.4, 0.5) is 4.79 Å². The Kier molecular flexibility index (Phi) is 6.62. The number of hydrogen-bond acceptors (Lipinski definition) is 4. The maximum atomic E-state index is 12.9. The zero-order chi connectivity index (χ0) is 21.8. The van der Waals surface area contributed by atoms with E-state index in [4.69, 9.17) is 4.74 Å². The number of hydrogen-bond donors (Lipinski definition) is 1. The van der Waals surface area contributed by atoms with Crippen LogP contribution in [0.3, 0.4) is 0 Å². The van der Waals surface area contributed by atoms with Crippen LogP contribution in [0, 0.1) is 0 Å².